The molecular formula is C7H14BNO2. The van der Waals surface area contributed by atoms with Gasteiger partial charge in [0.15, 0.2) is 0 Å². The van der Waals surface area contributed by atoms with E-state index in [1.807, 2.05) is 6.92 Å². The molecule has 1 fully saturated rings. The summed E-state index contributed by atoms with van der Waals surface area (Å²) in [4.78, 5) is 0. The maximum Gasteiger partial charge on any atom is 0.110 e. The van der Waals surface area contributed by atoms with Gasteiger partial charge in [-0.2, -0.15) is 0 Å². The van der Waals surface area contributed by atoms with E-state index in [2.05, 4.69) is 5.32 Å². The fourth-order valence-electron chi connectivity index (χ4n) is 1.26. The van der Waals surface area contributed by atoms with Crippen LogP contribution in [0.4, 0.5) is 0 Å². The number of morpholine rings is 1. The maximum absolute atomic E-state index is 9.04. The van der Waals surface area contributed by atoms with Gasteiger partial charge in [0.1, 0.15) is 13.4 Å². The first kappa shape index (κ1) is 9.04. The van der Waals surface area contributed by atoms with Crippen molar-refractivity contribution in [3.8, 4) is 0 Å². The van der Waals surface area contributed by atoms with Gasteiger partial charge in [-0.3, -0.25) is 0 Å². The Morgan fingerprint density at radius 1 is 1.82 bits per heavy atom. The summed E-state index contributed by atoms with van der Waals surface area (Å²) in [6.45, 7) is 3.37. The van der Waals surface area contributed by atoms with Crippen molar-refractivity contribution in [2.45, 2.75) is 24.9 Å². The van der Waals surface area contributed by atoms with E-state index in [4.69, 9.17) is 17.7 Å². The Bertz CT molecular complexity index is 128. The minimum absolute atomic E-state index is 0.0319. The van der Waals surface area contributed by atoms with Crippen molar-refractivity contribution < 1.29 is 9.84 Å². The number of hydrogen-bond acceptors (Lipinski definition) is 3. The van der Waals surface area contributed by atoms with Crippen molar-refractivity contribution in [1.82, 2.24) is 5.32 Å². The van der Waals surface area contributed by atoms with E-state index in [-0.39, 0.29) is 12.6 Å². The average molecular weight is 155 g/mol. The van der Waals surface area contributed by atoms with Gasteiger partial charge in [-0.1, -0.05) is 6.92 Å². The van der Waals surface area contributed by atoms with Crippen LogP contribution in [0.1, 0.15) is 13.3 Å². The van der Waals surface area contributed by atoms with Gasteiger partial charge >= 0.3 is 0 Å². The second kappa shape index (κ2) is 3.56. The van der Waals surface area contributed by atoms with Gasteiger partial charge < -0.3 is 15.2 Å². The molecule has 11 heavy (non-hydrogen) atoms. The Morgan fingerprint density at radius 2 is 2.55 bits per heavy atom. The molecule has 0 amide bonds. The van der Waals surface area contributed by atoms with Crippen LogP contribution in [0.25, 0.3) is 0 Å². The fourth-order valence-corrected chi connectivity index (χ4v) is 1.26. The molecule has 3 nitrogen and oxygen atoms in total. The Kier molecular flexibility index (Phi) is 2.93. The van der Waals surface area contributed by atoms with Crippen molar-refractivity contribution in [3.05, 3.63) is 0 Å². The van der Waals surface area contributed by atoms with Crippen LogP contribution in [0.2, 0.25) is 0 Å². The van der Waals surface area contributed by atoms with Crippen LogP contribution in [0, 0.1) is 0 Å². The van der Waals surface area contributed by atoms with Crippen LogP contribution in [0.3, 0.4) is 0 Å². The van der Waals surface area contributed by atoms with Crippen molar-refractivity contribution >= 4 is 7.85 Å². The first-order chi connectivity index (χ1) is 5.22. The van der Waals surface area contributed by atoms with E-state index in [0.717, 1.165) is 6.42 Å². The van der Waals surface area contributed by atoms with Gasteiger partial charge in [-0.05, 0) is 6.42 Å². The van der Waals surface area contributed by atoms with Crippen molar-refractivity contribution in [3.63, 3.8) is 0 Å². The normalized spacial score (nSPS) is 38.9. The number of nitrogens with one attached hydrogen (secondary N) is 1. The van der Waals surface area contributed by atoms with E-state index in [9.17, 15) is 0 Å². The van der Waals surface area contributed by atoms with E-state index in [1.54, 1.807) is 0 Å². The standard InChI is InChI=1S/C7H14BNO2/c1-2-7(5-10)4-9-3-6(8)11-7/h6,9-10H,2-5H2,1H3/t6-,7+/m1/s1. The molecule has 1 saturated heterocycles. The third kappa shape index (κ3) is 1.95. The third-order valence-electron chi connectivity index (χ3n) is 2.13. The summed E-state index contributed by atoms with van der Waals surface area (Å²) < 4.78 is 5.44. The van der Waals surface area contributed by atoms with Gasteiger partial charge in [-0.15, -0.1) is 0 Å². The molecule has 62 valence electrons. The maximum atomic E-state index is 9.04. The summed E-state index contributed by atoms with van der Waals surface area (Å²) in [5, 5.41) is 12.2. The van der Waals surface area contributed by atoms with E-state index in [1.165, 1.54) is 0 Å². The molecule has 2 N–H and O–H groups in total. The zero-order valence-electron chi connectivity index (χ0n) is 6.84. The molecule has 0 spiro atoms. The van der Waals surface area contributed by atoms with E-state index >= 15 is 0 Å². The predicted octanol–water partition coefficient (Wildman–Crippen LogP) is -0.758. The summed E-state index contributed by atoms with van der Waals surface area (Å²) in [5.41, 5.74) is -0.447. The zero-order chi connectivity index (χ0) is 8.32. The van der Waals surface area contributed by atoms with Crippen LogP contribution >= 0.6 is 0 Å². The SMILES string of the molecule is [B][C@H]1CNC[C@@](CC)(CO)O1. The highest BCUT2D eigenvalue weighted by Gasteiger charge is 2.32. The number of aliphatic hydroxyl groups is 1. The number of aliphatic hydroxyl groups excluding tert-OH is 1. The quantitative estimate of drug-likeness (QED) is 0.515. The lowest BCUT2D eigenvalue weighted by Crippen LogP contribution is -2.55. The molecule has 4 heteroatoms. The lowest BCUT2D eigenvalue weighted by Gasteiger charge is -2.39. The Hall–Kier alpha value is -0.0551. The molecule has 0 aromatic carbocycles. The largest absolute Gasteiger partial charge is 0.393 e. The molecule has 0 unspecified atom stereocenters. The minimum atomic E-state index is -0.447. The van der Waals surface area contributed by atoms with Crippen LogP contribution in [0.5, 0.6) is 0 Å². The smallest absolute Gasteiger partial charge is 0.110 e. The Balaban J connectivity index is 2.52. The first-order valence-electron chi connectivity index (χ1n) is 3.97. The van der Waals surface area contributed by atoms with Gasteiger partial charge in [0.2, 0.25) is 0 Å². The summed E-state index contributed by atoms with van der Waals surface area (Å²) in [5.74, 6) is 0. The molecule has 1 aliphatic rings. The number of rotatable bonds is 2. The van der Waals surface area contributed by atoms with Crippen LogP contribution in [0.15, 0.2) is 0 Å². The van der Waals surface area contributed by atoms with E-state index < -0.39 is 5.60 Å². The van der Waals surface area contributed by atoms with Gasteiger partial charge in [-0.25, -0.2) is 0 Å². The minimum Gasteiger partial charge on any atom is -0.393 e. The summed E-state index contributed by atoms with van der Waals surface area (Å²) >= 11 is 0. The van der Waals surface area contributed by atoms with Gasteiger partial charge in [0.25, 0.3) is 0 Å². The number of hydrogen-bond donors (Lipinski definition) is 2. The average Bonchev–Trinajstić information content (AvgIpc) is 2.04. The molecule has 0 aliphatic carbocycles. The lowest BCUT2D eigenvalue weighted by atomic mass is 9.92. The van der Waals surface area contributed by atoms with Crippen LogP contribution < -0.4 is 5.32 Å². The molecule has 1 aliphatic heterocycles. The molecule has 1 rings (SSSR count). The molecule has 0 bridgehead atoms. The highest BCUT2D eigenvalue weighted by atomic mass is 16.5. The Morgan fingerprint density at radius 3 is 2.91 bits per heavy atom. The lowest BCUT2D eigenvalue weighted by molar-refractivity contribution is -0.114. The molecule has 1 heterocycles. The van der Waals surface area contributed by atoms with Crippen LogP contribution in [-0.2, 0) is 4.74 Å². The van der Waals surface area contributed by atoms with Crippen LogP contribution in [-0.4, -0.2) is 44.3 Å². The van der Waals surface area contributed by atoms with Crippen molar-refractivity contribution in [2.24, 2.45) is 0 Å². The number of ether oxygens (including phenoxy) is 1. The van der Waals surface area contributed by atoms with Crippen molar-refractivity contribution in [1.29, 1.82) is 0 Å². The summed E-state index contributed by atoms with van der Waals surface area (Å²) in [7, 11) is 5.57. The Labute approximate surface area is 68.5 Å². The molecule has 2 radical (unpaired) electrons. The highest BCUT2D eigenvalue weighted by molar-refractivity contribution is 6.11. The highest BCUT2D eigenvalue weighted by Crippen LogP contribution is 2.18. The third-order valence-corrected chi connectivity index (χ3v) is 2.13. The molecular weight excluding hydrogens is 141 g/mol. The summed E-state index contributed by atoms with van der Waals surface area (Å²) in [6, 6.07) is -0.282. The van der Waals surface area contributed by atoms with Gasteiger partial charge in [0.05, 0.1) is 6.61 Å². The second-order valence-corrected chi connectivity index (χ2v) is 2.98. The van der Waals surface area contributed by atoms with E-state index in [0.29, 0.717) is 13.1 Å². The second-order valence-electron chi connectivity index (χ2n) is 2.98. The molecule has 0 aromatic rings. The predicted molar refractivity (Wildman–Crippen MR) is 43.6 cm³/mol. The van der Waals surface area contributed by atoms with Crippen molar-refractivity contribution in [2.75, 3.05) is 19.7 Å². The summed E-state index contributed by atoms with van der Waals surface area (Å²) in [6.07, 6.45) is 0.782. The topological polar surface area (TPSA) is 41.5 Å². The molecule has 0 saturated carbocycles. The fraction of sp³-hybridized carbons (Fsp3) is 1.00. The molecule has 2 atom stereocenters. The molecule has 0 aromatic heterocycles. The van der Waals surface area contributed by atoms with Gasteiger partial charge in [0, 0.05) is 19.1 Å². The first-order valence-corrected chi connectivity index (χ1v) is 3.97. The zero-order valence-corrected chi connectivity index (χ0v) is 6.84. The monoisotopic (exact) mass is 155 g/mol.